The van der Waals surface area contributed by atoms with Crippen LogP contribution in [0.3, 0.4) is 0 Å². The van der Waals surface area contributed by atoms with Crippen molar-refractivity contribution in [3.05, 3.63) is 47.5 Å². The summed E-state index contributed by atoms with van der Waals surface area (Å²) < 4.78 is 27.1. The zero-order chi connectivity index (χ0) is 14.2. The quantitative estimate of drug-likeness (QED) is 0.807. The van der Waals surface area contributed by atoms with Gasteiger partial charge in [0, 0.05) is 4.88 Å². The van der Waals surface area contributed by atoms with Gasteiger partial charge < -0.3 is 0 Å². The number of rotatable bonds is 3. The molecule has 0 fully saturated rings. The number of aromatic nitrogens is 2. The Balaban J connectivity index is 1.96. The van der Waals surface area contributed by atoms with Crippen LogP contribution in [0.5, 0.6) is 0 Å². The van der Waals surface area contributed by atoms with Crippen molar-refractivity contribution in [2.24, 2.45) is 0 Å². The van der Waals surface area contributed by atoms with E-state index in [-0.39, 0.29) is 10.0 Å². The molecule has 0 aliphatic rings. The van der Waals surface area contributed by atoms with Gasteiger partial charge in [-0.1, -0.05) is 12.1 Å². The minimum Gasteiger partial charge on any atom is -0.261 e. The molecule has 0 spiro atoms. The van der Waals surface area contributed by atoms with Crippen LogP contribution in [0.4, 0.5) is 5.82 Å². The second-order valence-electron chi connectivity index (χ2n) is 4.21. The smallest absolute Gasteiger partial charge is 0.261 e. The Morgan fingerprint density at radius 3 is 2.55 bits per heavy atom. The molecule has 102 valence electrons. The Bertz CT molecular complexity index is 872. The molecule has 3 aromatic rings. The van der Waals surface area contributed by atoms with Crippen molar-refractivity contribution in [3.8, 4) is 0 Å². The molecule has 1 N–H and O–H groups in total. The van der Waals surface area contributed by atoms with Crippen molar-refractivity contribution < 1.29 is 8.42 Å². The maximum atomic E-state index is 12.2. The molecule has 0 saturated heterocycles. The van der Waals surface area contributed by atoms with E-state index in [1.54, 1.807) is 18.2 Å². The minimum atomic E-state index is -3.60. The van der Waals surface area contributed by atoms with Gasteiger partial charge in [-0.3, -0.25) is 9.71 Å². The SMILES string of the molecule is Cc1ccc(S(=O)(=O)Nc2cnc3ccccc3n2)s1. The summed E-state index contributed by atoms with van der Waals surface area (Å²) in [6, 6.07) is 10.6. The fourth-order valence-electron chi connectivity index (χ4n) is 1.75. The highest BCUT2D eigenvalue weighted by Crippen LogP contribution is 2.23. The van der Waals surface area contributed by atoms with Gasteiger partial charge in [-0.15, -0.1) is 11.3 Å². The molecule has 0 radical (unpaired) electrons. The monoisotopic (exact) mass is 305 g/mol. The Morgan fingerprint density at radius 1 is 1.10 bits per heavy atom. The Kier molecular flexibility index (Phi) is 3.15. The van der Waals surface area contributed by atoms with Gasteiger partial charge in [0.05, 0.1) is 17.2 Å². The number of fused-ring (bicyclic) bond motifs is 1. The number of para-hydroxylation sites is 2. The number of aryl methyl sites for hydroxylation is 1. The molecule has 2 heterocycles. The lowest BCUT2D eigenvalue weighted by atomic mass is 10.3. The van der Waals surface area contributed by atoms with Crippen molar-refractivity contribution in [2.75, 3.05) is 4.72 Å². The van der Waals surface area contributed by atoms with E-state index in [2.05, 4.69) is 14.7 Å². The maximum Gasteiger partial charge on any atom is 0.272 e. The van der Waals surface area contributed by atoms with E-state index in [0.29, 0.717) is 5.52 Å². The number of sulfonamides is 1. The molecule has 0 atom stereocenters. The number of nitrogens with one attached hydrogen (secondary N) is 1. The zero-order valence-corrected chi connectivity index (χ0v) is 12.2. The van der Waals surface area contributed by atoms with Crippen LogP contribution in [0.2, 0.25) is 0 Å². The number of benzene rings is 1. The van der Waals surface area contributed by atoms with E-state index < -0.39 is 10.0 Å². The van der Waals surface area contributed by atoms with Crippen LogP contribution in [0.15, 0.2) is 46.8 Å². The van der Waals surface area contributed by atoms with E-state index in [1.165, 1.54) is 17.5 Å². The van der Waals surface area contributed by atoms with Gasteiger partial charge >= 0.3 is 0 Å². The lowest BCUT2D eigenvalue weighted by molar-refractivity contribution is 0.603. The number of nitrogens with zero attached hydrogens (tertiary/aromatic N) is 2. The standard InChI is InChI=1S/C13H11N3O2S2/c1-9-6-7-13(19-9)20(17,18)16-12-8-14-10-4-2-3-5-11(10)15-12/h2-8H,1H3,(H,15,16). The van der Waals surface area contributed by atoms with Crippen LogP contribution in [0.1, 0.15) is 4.88 Å². The molecule has 5 nitrogen and oxygen atoms in total. The highest BCUT2D eigenvalue weighted by molar-refractivity contribution is 7.94. The third-order valence-corrected chi connectivity index (χ3v) is 5.52. The van der Waals surface area contributed by atoms with Crippen molar-refractivity contribution in [3.63, 3.8) is 0 Å². The second kappa shape index (κ2) is 4.84. The summed E-state index contributed by atoms with van der Waals surface area (Å²) >= 11 is 1.22. The van der Waals surface area contributed by atoms with E-state index in [4.69, 9.17) is 0 Å². The molecule has 0 unspecified atom stereocenters. The van der Waals surface area contributed by atoms with Crippen LogP contribution >= 0.6 is 11.3 Å². The summed E-state index contributed by atoms with van der Waals surface area (Å²) in [6.07, 6.45) is 1.42. The topological polar surface area (TPSA) is 72.0 Å². The van der Waals surface area contributed by atoms with Gasteiger partial charge in [0.1, 0.15) is 4.21 Å². The van der Waals surface area contributed by atoms with Gasteiger partial charge in [-0.2, -0.15) is 0 Å². The van der Waals surface area contributed by atoms with E-state index >= 15 is 0 Å². The normalized spacial score (nSPS) is 11.7. The fourth-order valence-corrected chi connectivity index (χ4v) is 4.02. The molecule has 7 heteroatoms. The third-order valence-electron chi connectivity index (χ3n) is 2.67. The molecule has 0 aliphatic carbocycles. The average molecular weight is 305 g/mol. The van der Waals surface area contributed by atoms with E-state index in [1.807, 2.05) is 25.1 Å². The predicted molar refractivity (Wildman–Crippen MR) is 79.4 cm³/mol. The first kappa shape index (κ1) is 13.0. The summed E-state index contributed by atoms with van der Waals surface area (Å²) in [5, 5.41) is 0. The summed E-state index contributed by atoms with van der Waals surface area (Å²) in [5.74, 6) is 0.217. The number of hydrogen-bond donors (Lipinski definition) is 1. The maximum absolute atomic E-state index is 12.2. The Morgan fingerprint density at radius 2 is 1.85 bits per heavy atom. The van der Waals surface area contributed by atoms with Crippen molar-refractivity contribution in [2.45, 2.75) is 11.1 Å². The minimum absolute atomic E-state index is 0.217. The molecule has 0 saturated carbocycles. The lowest BCUT2D eigenvalue weighted by Gasteiger charge is -2.05. The van der Waals surface area contributed by atoms with Gasteiger partial charge in [0.25, 0.3) is 10.0 Å². The van der Waals surface area contributed by atoms with Crippen LogP contribution in [0, 0.1) is 6.92 Å². The molecule has 0 amide bonds. The molecule has 0 aliphatic heterocycles. The average Bonchev–Trinajstić information content (AvgIpc) is 2.86. The van der Waals surface area contributed by atoms with E-state index in [0.717, 1.165) is 10.4 Å². The number of thiophene rings is 1. The number of hydrogen-bond acceptors (Lipinski definition) is 5. The molecule has 2 aromatic heterocycles. The first-order valence-electron chi connectivity index (χ1n) is 5.86. The fraction of sp³-hybridized carbons (Fsp3) is 0.0769. The summed E-state index contributed by atoms with van der Waals surface area (Å²) in [5.41, 5.74) is 1.37. The highest BCUT2D eigenvalue weighted by Gasteiger charge is 2.17. The van der Waals surface area contributed by atoms with Crippen LogP contribution in [0.25, 0.3) is 11.0 Å². The Hall–Kier alpha value is -1.99. The largest absolute Gasteiger partial charge is 0.272 e. The zero-order valence-electron chi connectivity index (χ0n) is 10.6. The first-order valence-corrected chi connectivity index (χ1v) is 8.16. The molecular formula is C13H11N3O2S2. The predicted octanol–water partition coefficient (Wildman–Crippen LogP) is 2.80. The highest BCUT2D eigenvalue weighted by atomic mass is 32.2. The van der Waals surface area contributed by atoms with Gasteiger partial charge in [0.15, 0.2) is 5.82 Å². The van der Waals surface area contributed by atoms with Gasteiger partial charge in [0.2, 0.25) is 0 Å². The molecular weight excluding hydrogens is 294 g/mol. The molecule has 20 heavy (non-hydrogen) atoms. The first-order chi connectivity index (χ1) is 9.54. The molecule has 1 aromatic carbocycles. The molecule has 0 bridgehead atoms. The third kappa shape index (κ3) is 2.50. The lowest BCUT2D eigenvalue weighted by Crippen LogP contribution is -2.12. The van der Waals surface area contributed by atoms with Crippen molar-refractivity contribution >= 4 is 38.2 Å². The van der Waals surface area contributed by atoms with Crippen molar-refractivity contribution in [1.29, 1.82) is 0 Å². The number of anilines is 1. The Labute approximate surface area is 120 Å². The summed E-state index contributed by atoms with van der Waals surface area (Å²) in [4.78, 5) is 9.36. The van der Waals surface area contributed by atoms with Gasteiger partial charge in [-0.05, 0) is 31.2 Å². The molecule has 3 rings (SSSR count). The van der Waals surface area contributed by atoms with Crippen LogP contribution < -0.4 is 4.72 Å². The van der Waals surface area contributed by atoms with Crippen LogP contribution in [-0.2, 0) is 10.0 Å². The summed E-state index contributed by atoms with van der Waals surface area (Å²) in [7, 11) is -3.60. The van der Waals surface area contributed by atoms with Crippen LogP contribution in [-0.4, -0.2) is 18.4 Å². The second-order valence-corrected chi connectivity index (χ2v) is 7.41. The van der Waals surface area contributed by atoms with E-state index in [9.17, 15) is 8.42 Å². The summed E-state index contributed by atoms with van der Waals surface area (Å²) in [6.45, 7) is 1.86. The van der Waals surface area contributed by atoms with Gasteiger partial charge in [-0.25, -0.2) is 13.4 Å². The van der Waals surface area contributed by atoms with Crippen molar-refractivity contribution in [1.82, 2.24) is 9.97 Å².